The van der Waals surface area contributed by atoms with Gasteiger partial charge in [-0.15, -0.1) is 0 Å². The number of furan rings is 1. The predicted octanol–water partition coefficient (Wildman–Crippen LogP) is 7.73. The number of halogens is 5. The van der Waals surface area contributed by atoms with E-state index in [-0.39, 0.29) is 43.4 Å². The molecule has 2 N–H and O–H groups in total. The van der Waals surface area contributed by atoms with Gasteiger partial charge in [-0.1, -0.05) is 75.3 Å². The Hall–Kier alpha value is -2.09. The van der Waals surface area contributed by atoms with Gasteiger partial charge in [0.25, 0.3) is 5.89 Å². The van der Waals surface area contributed by atoms with E-state index in [4.69, 9.17) is 77.4 Å². The molecule has 0 unspecified atom stereocenters. The second-order valence-electron chi connectivity index (χ2n) is 6.40. The summed E-state index contributed by atoms with van der Waals surface area (Å²) in [5, 5.41) is 4.24. The lowest BCUT2D eigenvalue weighted by molar-refractivity contribution is 0.271. The lowest BCUT2D eigenvalue weighted by atomic mass is 10.1. The van der Waals surface area contributed by atoms with Crippen LogP contribution in [0.15, 0.2) is 39.3 Å². The van der Waals surface area contributed by atoms with Crippen LogP contribution in [0.5, 0.6) is 5.75 Å². The predicted molar refractivity (Wildman–Crippen MR) is 122 cm³/mol. The highest BCUT2D eigenvalue weighted by Crippen LogP contribution is 2.48. The molecular weight excluding hydrogens is 508 g/mol. The van der Waals surface area contributed by atoms with Crippen LogP contribution in [0.1, 0.15) is 11.3 Å². The number of nitrogens with zero attached hydrogens (tertiary/aromatic N) is 2. The Morgan fingerprint density at radius 2 is 1.61 bits per heavy atom. The summed E-state index contributed by atoms with van der Waals surface area (Å²) in [5.74, 6) is 1.51. The van der Waals surface area contributed by atoms with Gasteiger partial charge in [-0.05, 0) is 30.7 Å². The van der Waals surface area contributed by atoms with Gasteiger partial charge < -0.3 is 19.4 Å². The molecule has 6 nitrogen and oxygen atoms in total. The molecule has 31 heavy (non-hydrogen) atoms. The van der Waals surface area contributed by atoms with Crippen molar-refractivity contribution in [2.75, 3.05) is 5.73 Å². The number of ether oxygens (including phenoxy) is 1. The van der Waals surface area contributed by atoms with Crippen molar-refractivity contribution in [2.45, 2.75) is 13.5 Å². The number of nitrogens with two attached hydrogens (primary N) is 1. The van der Waals surface area contributed by atoms with E-state index in [1.54, 1.807) is 18.2 Å². The molecule has 0 spiro atoms. The van der Waals surface area contributed by atoms with Crippen molar-refractivity contribution in [3.8, 4) is 28.8 Å². The third-order valence-electron chi connectivity index (χ3n) is 4.44. The molecule has 2 heterocycles. The van der Waals surface area contributed by atoms with Crippen molar-refractivity contribution in [3.05, 3.63) is 66.8 Å². The van der Waals surface area contributed by atoms with Gasteiger partial charge in [0.05, 0.1) is 15.1 Å². The smallest absolute Gasteiger partial charge is 0.293 e. The first-order valence-electron chi connectivity index (χ1n) is 8.70. The number of hydrogen-bond acceptors (Lipinski definition) is 6. The SMILES string of the molecule is Cc1c(N)cccc1-c1noc(-c2ccc(COc3c(Cl)c(Cl)c(Cl)c(Cl)c3Cl)o2)n1. The third-order valence-corrected chi connectivity index (χ3v) is 6.69. The summed E-state index contributed by atoms with van der Waals surface area (Å²) < 4.78 is 16.7. The highest BCUT2D eigenvalue weighted by atomic mass is 35.5. The Balaban J connectivity index is 1.54. The van der Waals surface area contributed by atoms with Crippen molar-refractivity contribution in [1.29, 1.82) is 0 Å². The minimum Gasteiger partial charge on any atom is -0.482 e. The fourth-order valence-electron chi connectivity index (χ4n) is 2.75. The lowest BCUT2D eigenvalue weighted by Crippen LogP contribution is -1.96. The summed E-state index contributed by atoms with van der Waals surface area (Å²) in [6.45, 7) is 1.87. The Morgan fingerprint density at radius 3 is 2.32 bits per heavy atom. The number of aromatic nitrogens is 2. The number of rotatable bonds is 5. The van der Waals surface area contributed by atoms with Gasteiger partial charge >= 0.3 is 0 Å². The van der Waals surface area contributed by atoms with E-state index in [0.717, 1.165) is 11.1 Å². The fraction of sp³-hybridized carbons (Fsp3) is 0.100. The van der Waals surface area contributed by atoms with E-state index in [9.17, 15) is 0 Å². The van der Waals surface area contributed by atoms with Crippen LogP contribution in [-0.4, -0.2) is 10.1 Å². The molecule has 4 rings (SSSR count). The van der Waals surface area contributed by atoms with Crippen molar-refractivity contribution in [2.24, 2.45) is 0 Å². The molecule has 2 aromatic heterocycles. The highest BCUT2D eigenvalue weighted by Gasteiger charge is 2.21. The molecule has 0 bridgehead atoms. The molecule has 0 radical (unpaired) electrons. The normalized spacial score (nSPS) is 11.2. The van der Waals surface area contributed by atoms with Crippen molar-refractivity contribution >= 4 is 63.7 Å². The molecule has 4 aromatic rings. The summed E-state index contributed by atoms with van der Waals surface area (Å²) in [7, 11) is 0. The first kappa shape index (κ1) is 22.1. The van der Waals surface area contributed by atoms with Crippen LogP contribution in [0.3, 0.4) is 0 Å². The highest BCUT2D eigenvalue weighted by molar-refractivity contribution is 6.55. The van der Waals surface area contributed by atoms with Crippen LogP contribution in [0.2, 0.25) is 25.1 Å². The molecule has 0 aliphatic heterocycles. The van der Waals surface area contributed by atoms with Gasteiger partial charge in [-0.25, -0.2) is 0 Å². The zero-order valence-corrected chi connectivity index (χ0v) is 19.5. The monoisotopic (exact) mass is 517 g/mol. The van der Waals surface area contributed by atoms with Crippen LogP contribution in [-0.2, 0) is 6.61 Å². The average molecular weight is 520 g/mol. The van der Waals surface area contributed by atoms with E-state index in [1.807, 2.05) is 19.1 Å². The Labute approximate surface area is 201 Å². The van der Waals surface area contributed by atoms with E-state index in [0.29, 0.717) is 23.0 Å². The van der Waals surface area contributed by atoms with Crippen LogP contribution < -0.4 is 10.5 Å². The minimum atomic E-state index is -0.0109. The molecule has 0 atom stereocenters. The Bertz CT molecular complexity index is 1260. The summed E-state index contributed by atoms with van der Waals surface area (Å²) in [6, 6.07) is 8.84. The summed E-state index contributed by atoms with van der Waals surface area (Å²) in [4.78, 5) is 4.39. The van der Waals surface area contributed by atoms with E-state index >= 15 is 0 Å². The van der Waals surface area contributed by atoms with Gasteiger partial charge in [0.15, 0.2) is 11.5 Å². The maximum absolute atomic E-state index is 6.17. The summed E-state index contributed by atoms with van der Waals surface area (Å²) in [6.07, 6.45) is 0. The number of hydrogen-bond donors (Lipinski definition) is 1. The van der Waals surface area contributed by atoms with Crippen LogP contribution >= 0.6 is 58.0 Å². The van der Waals surface area contributed by atoms with Crippen LogP contribution in [0.25, 0.3) is 23.0 Å². The van der Waals surface area contributed by atoms with Crippen LogP contribution in [0, 0.1) is 6.92 Å². The van der Waals surface area contributed by atoms with Gasteiger partial charge in [0.1, 0.15) is 22.4 Å². The molecule has 2 aromatic carbocycles. The molecule has 11 heteroatoms. The molecular formula is C20H12Cl5N3O3. The van der Waals surface area contributed by atoms with Crippen molar-refractivity contribution in [3.63, 3.8) is 0 Å². The number of nitrogen functional groups attached to an aromatic ring is 1. The second-order valence-corrected chi connectivity index (χ2v) is 8.29. The first-order chi connectivity index (χ1) is 14.8. The molecule has 0 saturated heterocycles. The lowest BCUT2D eigenvalue weighted by Gasteiger charge is -2.12. The summed E-state index contributed by atoms with van der Waals surface area (Å²) >= 11 is 30.4. The maximum Gasteiger partial charge on any atom is 0.293 e. The Kier molecular flexibility index (Phi) is 6.28. The molecule has 160 valence electrons. The molecule has 0 aliphatic carbocycles. The minimum absolute atomic E-state index is 0.0109. The second kappa shape index (κ2) is 8.81. The van der Waals surface area contributed by atoms with Gasteiger partial charge in [-0.2, -0.15) is 4.98 Å². The van der Waals surface area contributed by atoms with Crippen molar-refractivity contribution in [1.82, 2.24) is 10.1 Å². The first-order valence-corrected chi connectivity index (χ1v) is 10.6. The average Bonchev–Trinajstić information content (AvgIpc) is 3.42. The van der Waals surface area contributed by atoms with Gasteiger partial charge in [0.2, 0.25) is 5.82 Å². The quantitative estimate of drug-likeness (QED) is 0.165. The number of benzene rings is 2. The third kappa shape index (κ3) is 4.19. The standard InChI is InChI=1S/C20H12Cl5N3O3/c1-8-10(3-2-4-11(8)26)19-27-20(31-28-19)12-6-5-9(30-12)7-29-18-16(24)14(22)13(21)15(23)17(18)25/h2-6H,7,26H2,1H3. The maximum atomic E-state index is 6.17. The molecule has 0 amide bonds. The molecule has 0 saturated carbocycles. The Morgan fingerprint density at radius 1 is 0.935 bits per heavy atom. The van der Waals surface area contributed by atoms with Crippen molar-refractivity contribution < 1.29 is 13.7 Å². The molecule has 0 aliphatic rings. The number of anilines is 1. The topological polar surface area (TPSA) is 87.3 Å². The van der Waals surface area contributed by atoms with Gasteiger partial charge in [-0.3, -0.25) is 0 Å². The largest absolute Gasteiger partial charge is 0.482 e. The van der Waals surface area contributed by atoms with E-state index in [1.165, 1.54) is 0 Å². The van der Waals surface area contributed by atoms with Gasteiger partial charge in [0, 0.05) is 11.3 Å². The summed E-state index contributed by atoms with van der Waals surface area (Å²) in [5.41, 5.74) is 8.22. The van der Waals surface area contributed by atoms with E-state index in [2.05, 4.69) is 10.1 Å². The zero-order valence-electron chi connectivity index (χ0n) is 15.7. The van der Waals surface area contributed by atoms with E-state index < -0.39 is 0 Å². The molecule has 0 fully saturated rings. The van der Waals surface area contributed by atoms with Crippen LogP contribution in [0.4, 0.5) is 5.69 Å². The fourth-order valence-corrected chi connectivity index (χ4v) is 3.98. The zero-order chi connectivity index (χ0) is 22.3.